The van der Waals surface area contributed by atoms with Gasteiger partial charge >= 0.3 is 0 Å². The van der Waals surface area contributed by atoms with E-state index in [0.29, 0.717) is 0 Å². The molecule has 47 bridgehead atoms. The van der Waals surface area contributed by atoms with Gasteiger partial charge in [0.2, 0.25) is 0 Å². The van der Waals surface area contributed by atoms with Gasteiger partial charge < -0.3 is 0 Å². The molecule has 0 heterocycles. The van der Waals surface area contributed by atoms with Crippen LogP contribution in [0.15, 0.2) is 0 Å². The van der Waals surface area contributed by atoms with E-state index in [1.807, 2.05) is 32.1 Å². The van der Waals surface area contributed by atoms with Crippen LogP contribution < -0.4 is 0 Å². The molecule has 500 valence electrons. The monoisotopic (exact) mass is 1560 g/mol. The van der Waals surface area contributed by atoms with Gasteiger partial charge in [-0.25, -0.2) is 0 Å². The summed E-state index contributed by atoms with van der Waals surface area (Å²) in [6.45, 7) is 0. The SMILES string of the molecule is C.C.C1CCCCC2C3C4C5CC6C7C8C9C(C%10C%11C%12C%13C%14CC%15C%16C%17C%18C(C%19C%20C%21CCCCCCCCC%22C(C%23C%24CC%25C%26C%27C%19C%20%19C%21C%20C%21C%23C%24%25C%26%21C%27%20%19)C%19CC3C2%22%19)C2C3C%19C%20CC%21C%22C%23C%10C%11%10C%12%11C%13%12C%14%15C%16%13C%17%14C%182C32C%193C%21%20C%22%15C%23%10C%11%10C%12%13C%142C%153%10)C2C(CCC1)C1C3C%10C4C56C7%10C83C291.[Nd].[Nd]. The smallest absolute Gasteiger partial charge is 0 e. The van der Waals surface area contributed by atoms with Crippen LogP contribution in [0.2, 0.25) is 0 Å². The van der Waals surface area contributed by atoms with E-state index >= 15 is 0 Å². The third-order valence-electron chi connectivity index (χ3n) is 68.3. The summed E-state index contributed by atoms with van der Waals surface area (Å²) < 4.78 is 0. The molecule has 81 saturated carbocycles. The van der Waals surface area contributed by atoms with Crippen molar-refractivity contribution in [1.29, 1.82) is 0 Å². The minimum Gasteiger partial charge on any atom is -0.0776 e. The van der Waals surface area contributed by atoms with Crippen molar-refractivity contribution in [2.75, 3.05) is 0 Å². The third kappa shape index (κ3) is 1.80. The molecule has 0 N–H and O–H groups in total. The van der Waals surface area contributed by atoms with Gasteiger partial charge in [0.25, 0.3) is 0 Å². The summed E-state index contributed by atoms with van der Waals surface area (Å²) in [4.78, 5) is 0. The number of hydrogen-bond donors (Lipinski definition) is 0. The summed E-state index contributed by atoms with van der Waals surface area (Å²) in [6, 6.07) is 0. The summed E-state index contributed by atoms with van der Waals surface area (Å²) in [5.74, 6) is 66.7. The number of hydrogen-bond acceptors (Lipinski definition) is 0. The average Bonchev–Trinajstić information content (AvgIpc) is 0.432. The Bertz CT molecular complexity index is 4870. The molecular formula is C98H100Nd2. The Kier molecular flexibility index (Phi) is 4.73. The van der Waals surface area contributed by atoms with Gasteiger partial charge in [0.15, 0.2) is 0 Å². The zero-order valence-corrected chi connectivity index (χ0v) is 63.6. The van der Waals surface area contributed by atoms with E-state index in [9.17, 15) is 0 Å². The molecule has 0 aromatic carbocycles. The van der Waals surface area contributed by atoms with Crippen LogP contribution >= 0.6 is 0 Å². The molecule has 0 nitrogen and oxygen atoms in total. The molecule has 64 atom stereocenters. The molecule has 0 aliphatic heterocycles. The van der Waals surface area contributed by atoms with Crippen LogP contribution in [-0.2, 0) is 0 Å². The van der Waals surface area contributed by atoms with Crippen molar-refractivity contribution in [3.05, 3.63) is 0 Å². The Hall–Kier alpha value is 2.70. The summed E-state index contributed by atoms with van der Waals surface area (Å²) in [5.41, 5.74) is 26.4. The molecule has 25 spiro atoms. The molecule has 81 rings (SSSR count). The Labute approximate surface area is 655 Å². The molecule has 0 aromatic heterocycles. The van der Waals surface area contributed by atoms with E-state index in [4.69, 9.17) is 0 Å². The summed E-state index contributed by atoms with van der Waals surface area (Å²) >= 11 is 0. The molecule has 81 fully saturated rings. The first-order valence-electron chi connectivity index (χ1n) is 47.8. The van der Waals surface area contributed by atoms with Gasteiger partial charge in [0.1, 0.15) is 0 Å². The topological polar surface area (TPSA) is 0 Å². The van der Waals surface area contributed by atoms with Gasteiger partial charge in [-0.1, -0.05) is 91.9 Å². The molecule has 81 aliphatic carbocycles. The van der Waals surface area contributed by atoms with Gasteiger partial charge in [-0.05, 0) is 489 Å². The first-order valence-corrected chi connectivity index (χ1v) is 47.8. The predicted octanol–water partition coefficient (Wildman–Crippen LogP) is 15.6. The maximum Gasteiger partial charge on any atom is 0 e. The molecule has 0 aromatic rings. The first-order chi connectivity index (χ1) is 47.8. The van der Waals surface area contributed by atoms with E-state index in [2.05, 4.69) is 0 Å². The second-order valence-corrected chi connectivity index (χ2v) is 55.7. The molecule has 0 saturated heterocycles. The summed E-state index contributed by atoms with van der Waals surface area (Å²) in [5, 5.41) is 0. The Morgan fingerprint density at radius 1 is 0.170 bits per heavy atom. The minimum absolute atomic E-state index is 0. The quantitative estimate of drug-likeness (QED) is 0.227. The number of fused-ring (bicyclic) bond motifs is 6. The normalized spacial score (nSPS) is 107. The molecule has 100 heavy (non-hydrogen) atoms. The van der Waals surface area contributed by atoms with Crippen molar-refractivity contribution in [2.24, 2.45) is 431 Å². The van der Waals surface area contributed by atoms with Gasteiger partial charge in [-0.3, -0.25) is 0 Å². The molecule has 81 aliphatic rings. The fourth-order valence-corrected chi connectivity index (χ4v) is 80.1. The van der Waals surface area contributed by atoms with Crippen LogP contribution in [0.4, 0.5) is 0 Å². The summed E-state index contributed by atoms with van der Waals surface area (Å²) in [6.07, 6.45) is 36.4. The maximum absolute atomic E-state index is 1.90. The largest absolute Gasteiger partial charge is 0.0776 e. The van der Waals surface area contributed by atoms with Gasteiger partial charge in [-0.15, -0.1) is 0 Å². The van der Waals surface area contributed by atoms with Crippen molar-refractivity contribution in [3.63, 3.8) is 0 Å². The maximum atomic E-state index is 1.90. The van der Waals surface area contributed by atoms with Crippen LogP contribution in [0.3, 0.4) is 0 Å². The zero-order chi connectivity index (χ0) is 56.2. The van der Waals surface area contributed by atoms with Crippen molar-refractivity contribution < 1.29 is 81.7 Å². The van der Waals surface area contributed by atoms with Crippen molar-refractivity contribution in [2.45, 2.75) is 150 Å². The van der Waals surface area contributed by atoms with Gasteiger partial charge in [0.05, 0.1) is 0 Å². The average molecular weight is 1570 g/mol. The second-order valence-electron chi connectivity index (χ2n) is 55.7. The van der Waals surface area contributed by atoms with Crippen molar-refractivity contribution >= 4 is 0 Å². The third-order valence-corrected chi connectivity index (χ3v) is 68.3. The first kappa shape index (κ1) is 48.0. The molecule has 0 radical (unpaired) electrons. The van der Waals surface area contributed by atoms with Crippen LogP contribution in [0.5, 0.6) is 0 Å². The van der Waals surface area contributed by atoms with Crippen molar-refractivity contribution in [1.82, 2.24) is 0 Å². The molecular weight excluding hydrogens is 1470 g/mol. The number of rotatable bonds is 0. The van der Waals surface area contributed by atoms with E-state index in [1.54, 1.807) is 103 Å². The zero-order valence-electron chi connectivity index (χ0n) is 57.2. The summed E-state index contributed by atoms with van der Waals surface area (Å²) in [7, 11) is 0. The fourth-order valence-electron chi connectivity index (χ4n) is 80.1. The van der Waals surface area contributed by atoms with Gasteiger partial charge in [0, 0.05) is 81.7 Å². The van der Waals surface area contributed by atoms with Crippen LogP contribution in [0.1, 0.15) is 150 Å². The standard InChI is InChI=1S/C96H92.2CH4.2Nd/c1-3-7-11-15-24-36-26-17-27-37-25(72(24,26)27)16-12-8-4-2-6-10-14-23-45-41(57-65-49-31-19-29-39(37)55-67-63-47(23)76(45,57)82(63,65)80(49,67)74(29,31)55)43-60-70-52-34-20-32-50-68-58-42(40-44-22(13-9-5-1)46-62-66-54-38(36)28-18-30-48-64-56(40)75(44,46)81(62,64)79(48,66)73(28,30)54)59-69-51-33-21-35-53-71-61(43)84(60)91(70)87(52)77(32,34)85(50)89(68)83(58,59)90(69)86(51)78(33,35)88(53)92(71,84)96(91)93(85,87)95(89,90)94(86,88)96;;;;/h22-71H,1-21H2;2*1H4;;. The molecule has 0 amide bonds. The Morgan fingerprint density at radius 2 is 0.470 bits per heavy atom. The van der Waals surface area contributed by atoms with E-state index in [-0.39, 0.29) is 96.5 Å². The van der Waals surface area contributed by atoms with E-state index < -0.39 is 0 Å². The van der Waals surface area contributed by atoms with E-state index in [0.717, 1.165) is 135 Å². The van der Waals surface area contributed by atoms with Crippen LogP contribution in [0, 0.1) is 513 Å². The van der Waals surface area contributed by atoms with Crippen LogP contribution in [-0.4, -0.2) is 0 Å². The predicted molar refractivity (Wildman–Crippen MR) is 346 cm³/mol. The Balaban J connectivity index is 0.00000111. The fraction of sp³-hybridized carbons (Fsp3) is 1.00. The van der Waals surface area contributed by atoms with E-state index in [1.165, 1.54) is 296 Å². The van der Waals surface area contributed by atoms with Crippen molar-refractivity contribution in [3.8, 4) is 0 Å². The van der Waals surface area contributed by atoms with Gasteiger partial charge in [-0.2, -0.15) is 0 Å². The minimum atomic E-state index is 0. The van der Waals surface area contributed by atoms with Crippen LogP contribution in [0.25, 0.3) is 0 Å². The molecule has 2 heteroatoms. The molecule has 64 unspecified atom stereocenters. The second kappa shape index (κ2) is 9.84. The Morgan fingerprint density at radius 3 is 0.870 bits per heavy atom.